The van der Waals surface area contributed by atoms with Crippen LogP contribution in [0.5, 0.6) is 5.75 Å². The lowest BCUT2D eigenvalue weighted by Gasteiger charge is -2.09. The smallest absolute Gasteiger partial charge is 0.258 e. The normalized spacial score (nSPS) is 9.95. The quantitative estimate of drug-likeness (QED) is 0.835. The minimum atomic E-state index is -0.259. The summed E-state index contributed by atoms with van der Waals surface area (Å²) in [4.78, 5) is 22.5. The number of hydrogen-bond donors (Lipinski definition) is 1. The van der Waals surface area contributed by atoms with Gasteiger partial charge in [-0.1, -0.05) is 35.9 Å². The summed E-state index contributed by atoms with van der Waals surface area (Å²) in [5, 5.41) is 3.38. The topological polar surface area (TPSA) is 55.4 Å². The maximum Gasteiger partial charge on any atom is 0.258 e. The lowest BCUT2D eigenvalue weighted by atomic mass is 10.2. The van der Waals surface area contributed by atoms with Crippen molar-refractivity contribution in [2.75, 3.05) is 6.61 Å². The molecular formula is C16H14ClNO3. The van der Waals surface area contributed by atoms with Gasteiger partial charge in [0.2, 0.25) is 0 Å². The summed E-state index contributed by atoms with van der Waals surface area (Å²) in [6.07, 6.45) is 0.695. The fourth-order valence-corrected chi connectivity index (χ4v) is 1.83. The first-order valence-electron chi connectivity index (χ1n) is 6.37. The van der Waals surface area contributed by atoms with Crippen LogP contribution in [0.2, 0.25) is 5.02 Å². The molecule has 2 rings (SSSR count). The van der Waals surface area contributed by atoms with Crippen molar-refractivity contribution in [1.82, 2.24) is 5.32 Å². The van der Waals surface area contributed by atoms with Crippen LogP contribution in [0.1, 0.15) is 15.9 Å². The van der Waals surface area contributed by atoms with E-state index in [1.54, 1.807) is 36.4 Å². The molecule has 0 fully saturated rings. The zero-order chi connectivity index (χ0) is 15.1. The van der Waals surface area contributed by atoms with Crippen molar-refractivity contribution in [3.8, 4) is 5.75 Å². The molecule has 0 heterocycles. The summed E-state index contributed by atoms with van der Waals surface area (Å²) in [6, 6.07) is 14.0. The molecule has 2 aromatic rings. The van der Waals surface area contributed by atoms with Gasteiger partial charge >= 0.3 is 0 Å². The molecular weight excluding hydrogens is 290 g/mol. The zero-order valence-electron chi connectivity index (χ0n) is 11.2. The summed E-state index contributed by atoms with van der Waals surface area (Å²) < 4.78 is 5.33. The van der Waals surface area contributed by atoms with Crippen molar-refractivity contribution in [1.29, 1.82) is 0 Å². The van der Waals surface area contributed by atoms with Gasteiger partial charge in [-0.05, 0) is 29.8 Å². The number of hydrogen-bond acceptors (Lipinski definition) is 3. The van der Waals surface area contributed by atoms with E-state index in [1.807, 2.05) is 12.1 Å². The molecule has 0 aliphatic heterocycles. The van der Waals surface area contributed by atoms with E-state index in [9.17, 15) is 9.59 Å². The van der Waals surface area contributed by atoms with Gasteiger partial charge < -0.3 is 10.1 Å². The van der Waals surface area contributed by atoms with Crippen LogP contribution in [-0.2, 0) is 11.3 Å². The molecule has 1 N–H and O–H groups in total. The van der Waals surface area contributed by atoms with Crippen molar-refractivity contribution < 1.29 is 14.3 Å². The van der Waals surface area contributed by atoms with Gasteiger partial charge in [0.25, 0.3) is 5.91 Å². The predicted octanol–water partition coefficient (Wildman–Crippen LogP) is 2.85. The summed E-state index contributed by atoms with van der Waals surface area (Å²) >= 11 is 5.78. The number of aldehydes is 1. The second-order valence-electron chi connectivity index (χ2n) is 4.35. The van der Waals surface area contributed by atoms with Crippen LogP contribution in [-0.4, -0.2) is 18.8 Å². The highest BCUT2D eigenvalue weighted by Gasteiger charge is 2.06. The third-order valence-corrected chi connectivity index (χ3v) is 3.06. The van der Waals surface area contributed by atoms with Crippen molar-refractivity contribution in [2.24, 2.45) is 0 Å². The number of rotatable bonds is 6. The molecule has 0 aromatic heterocycles. The summed E-state index contributed by atoms with van der Waals surface area (Å²) in [6.45, 7) is 0.257. The van der Waals surface area contributed by atoms with Crippen LogP contribution in [0.25, 0.3) is 0 Å². The first-order valence-corrected chi connectivity index (χ1v) is 6.75. The van der Waals surface area contributed by atoms with Crippen molar-refractivity contribution >= 4 is 23.8 Å². The first-order chi connectivity index (χ1) is 10.2. The number of benzene rings is 2. The number of halogens is 1. The lowest BCUT2D eigenvalue weighted by Crippen LogP contribution is -2.28. The van der Waals surface area contributed by atoms with Crippen LogP contribution in [0.3, 0.4) is 0 Å². The van der Waals surface area contributed by atoms with Crippen molar-refractivity contribution in [2.45, 2.75) is 6.54 Å². The summed E-state index contributed by atoms with van der Waals surface area (Å²) in [5.41, 5.74) is 1.36. The second-order valence-corrected chi connectivity index (χ2v) is 4.78. The van der Waals surface area contributed by atoms with Gasteiger partial charge in [-0.25, -0.2) is 0 Å². The Hall–Kier alpha value is -2.33. The maximum absolute atomic E-state index is 11.7. The fourth-order valence-electron chi connectivity index (χ4n) is 1.71. The highest BCUT2D eigenvalue weighted by molar-refractivity contribution is 6.30. The SMILES string of the molecule is O=Cc1ccccc1OCC(=O)NCc1ccc(Cl)cc1. The molecule has 1 amide bonds. The molecule has 2 aromatic carbocycles. The van der Waals surface area contributed by atoms with E-state index < -0.39 is 0 Å². The Bertz CT molecular complexity index is 626. The molecule has 21 heavy (non-hydrogen) atoms. The Morgan fingerprint density at radius 1 is 1.14 bits per heavy atom. The monoisotopic (exact) mass is 303 g/mol. The fraction of sp³-hybridized carbons (Fsp3) is 0.125. The standard InChI is InChI=1S/C16H14ClNO3/c17-14-7-5-12(6-8-14)9-18-16(20)11-21-15-4-2-1-3-13(15)10-19/h1-8,10H,9,11H2,(H,18,20). The number of nitrogens with one attached hydrogen (secondary N) is 1. The van der Waals surface area contributed by atoms with E-state index in [2.05, 4.69) is 5.32 Å². The molecule has 0 unspecified atom stereocenters. The van der Waals surface area contributed by atoms with E-state index >= 15 is 0 Å². The molecule has 0 spiro atoms. The van der Waals surface area contributed by atoms with Gasteiger partial charge in [0.15, 0.2) is 12.9 Å². The van der Waals surface area contributed by atoms with Gasteiger partial charge in [-0.3, -0.25) is 9.59 Å². The summed E-state index contributed by atoms with van der Waals surface area (Å²) in [7, 11) is 0. The largest absolute Gasteiger partial charge is 0.483 e. The third kappa shape index (κ3) is 4.61. The highest BCUT2D eigenvalue weighted by Crippen LogP contribution is 2.15. The molecule has 108 valence electrons. The van der Waals surface area contributed by atoms with E-state index in [4.69, 9.17) is 16.3 Å². The lowest BCUT2D eigenvalue weighted by molar-refractivity contribution is -0.123. The maximum atomic E-state index is 11.7. The Balaban J connectivity index is 1.82. The third-order valence-electron chi connectivity index (χ3n) is 2.81. The number of carbonyl (C=O) groups excluding carboxylic acids is 2. The predicted molar refractivity (Wildman–Crippen MR) is 80.6 cm³/mol. The average Bonchev–Trinajstić information content (AvgIpc) is 2.52. The molecule has 0 radical (unpaired) electrons. The Kier molecular flexibility index (Phi) is 5.35. The molecule has 5 heteroatoms. The molecule has 0 saturated heterocycles. The van der Waals surface area contributed by atoms with Crippen LogP contribution in [0.4, 0.5) is 0 Å². The van der Waals surface area contributed by atoms with Crippen LogP contribution < -0.4 is 10.1 Å². The number of para-hydroxylation sites is 1. The van der Waals surface area contributed by atoms with E-state index in [-0.39, 0.29) is 12.5 Å². The van der Waals surface area contributed by atoms with Gasteiger partial charge in [0.05, 0.1) is 5.56 Å². The van der Waals surface area contributed by atoms with Gasteiger partial charge in [-0.15, -0.1) is 0 Å². The molecule has 0 bridgehead atoms. The minimum absolute atomic E-state index is 0.140. The number of carbonyl (C=O) groups is 2. The van der Waals surface area contributed by atoms with Crippen LogP contribution >= 0.6 is 11.6 Å². The van der Waals surface area contributed by atoms with Crippen LogP contribution in [0.15, 0.2) is 48.5 Å². The highest BCUT2D eigenvalue weighted by atomic mass is 35.5. The molecule has 0 atom stereocenters. The van der Waals surface area contributed by atoms with Gasteiger partial charge in [0.1, 0.15) is 5.75 Å². The first kappa shape index (κ1) is 15.1. The van der Waals surface area contributed by atoms with E-state index in [0.717, 1.165) is 5.56 Å². The Morgan fingerprint density at radius 2 is 1.86 bits per heavy atom. The zero-order valence-corrected chi connectivity index (χ0v) is 12.0. The van der Waals surface area contributed by atoms with Gasteiger partial charge in [0, 0.05) is 11.6 Å². The number of amides is 1. The Morgan fingerprint density at radius 3 is 2.57 bits per heavy atom. The van der Waals surface area contributed by atoms with Crippen molar-refractivity contribution in [3.63, 3.8) is 0 Å². The molecule has 4 nitrogen and oxygen atoms in total. The second kappa shape index (κ2) is 7.45. The number of ether oxygens (including phenoxy) is 1. The van der Waals surface area contributed by atoms with Gasteiger partial charge in [-0.2, -0.15) is 0 Å². The van der Waals surface area contributed by atoms with E-state index in [0.29, 0.717) is 29.2 Å². The molecule has 0 aliphatic rings. The van der Waals surface area contributed by atoms with Crippen LogP contribution in [0, 0.1) is 0 Å². The molecule has 0 saturated carbocycles. The van der Waals surface area contributed by atoms with Crippen molar-refractivity contribution in [3.05, 3.63) is 64.7 Å². The Labute approximate surface area is 127 Å². The average molecular weight is 304 g/mol. The van der Waals surface area contributed by atoms with E-state index in [1.165, 1.54) is 0 Å². The minimum Gasteiger partial charge on any atom is -0.483 e. The molecule has 0 aliphatic carbocycles. The summed E-state index contributed by atoms with van der Waals surface area (Å²) in [5.74, 6) is 0.139.